The first kappa shape index (κ1) is 14.7. The largest absolute Gasteiger partial charge is 0.462 e. The standard InChI is InChI=1S/C14H14BrNO4/c15-12-7-6-11(8-13(12)16(18)19)14(17)20-9-10-4-2-1-3-5-10/h1-2,6-8,10H,3-5,9H2. The summed E-state index contributed by atoms with van der Waals surface area (Å²) < 4.78 is 5.58. The van der Waals surface area contributed by atoms with Crippen LogP contribution in [0.25, 0.3) is 0 Å². The van der Waals surface area contributed by atoms with Crippen LogP contribution in [0.3, 0.4) is 0 Å². The fourth-order valence-corrected chi connectivity index (χ4v) is 2.46. The molecule has 0 aliphatic heterocycles. The number of hydrogen-bond acceptors (Lipinski definition) is 4. The van der Waals surface area contributed by atoms with Crippen molar-refractivity contribution in [3.8, 4) is 0 Å². The highest BCUT2D eigenvalue weighted by Crippen LogP contribution is 2.26. The van der Waals surface area contributed by atoms with Gasteiger partial charge in [0, 0.05) is 6.07 Å². The molecule has 0 amide bonds. The maximum atomic E-state index is 11.9. The van der Waals surface area contributed by atoms with Crippen LogP contribution in [0.15, 0.2) is 34.8 Å². The predicted octanol–water partition coefficient (Wildman–Crippen LogP) is 3.87. The summed E-state index contributed by atoms with van der Waals surface area (Å²) in [5.41, 5.74) is 0.0614. The highest BCUT2D eigenvalue weighted by Gasteiger charge is 2.18. The molecule has 1 unspecified atom stereocenters. The van der Waals surface area contributed by atoms with Crippen LogP contribution in [-0.4, -0.2) is 17.5 Å². The molecular formula is C14H14BrNO4. The fraction of sp³-hybridized carbons (Fsp3) is 0.357. The zero-order chi connectivity index (χ0) is 14.5. The number of carbonyl (C=O) groups is 1. The van der Waals surface area contributed by atoms with Gasteiger partial charge in [0.2, 0.25) is 0 Å². The van der Waals surface area contributed by atoms with Gasteiger partial charge in [0.25, 0.3) is 5.69 Å². The molecule has 0 N–H and O–H groups in total. The molecule has 1 atom stereocenters. The molecule has 6 heteroatoms. The van der Waals surface area contributed by atoms with Gasteiger partial charge in [-0.05, 0) is 53.2 Å². The SMILES string of the molecule is O=C(OCC1CC=CCC1)c1ccc(Br)c([N+](=O)[O-])c1. The third kappa shape index (κ3) is 3.66. The van der Waals surface area contributed by atoms with E-state index >= 15 is 0 Å². The molecule has 106 valence electrons. The van der Waals surface area contributed by atoms with Crippen molar-refractivity contribution >= 4 is 27.6 Å². The molecule has 1 aliphatic carbocycles. The van der Waals surface area contributed by atoms with E-state index in [9.17, 15) is 14.9 Å². The molecule has 1 aromatic carbocycles. The fourth-order valence-electron chi connectivity index (χ4n) is 2.06. The summed E-state index contributed by atoms with van der Waals surface area (Å²) in [4.78, 5) is 22.2. The summed E-state index contributed by atoms with van der Waals surface area (Å²) in [7, 11) is 0. The van der Waals surface area contributed by atoms with E-state index < -0.39 is 10.9 Å². The van der Waals surface area contributed by atoms with E-state index in [2.05, 4.69) is 28.1 Å². The molecule has 20 heavy (non-hydrogen) atoms. The van der Waals surface area contributed by atoms with Crippen LogP contribution in [-0.2, 0) is 4.74 Å². The minimum atomic E-state index is -0.535. The third-order valence-electron chi connectivity index (χ3n) is 3.21. The summed E-state index contributed by atoms with van der Waals surface area (Å²) in [6.45, 7) is 0.354. The Morgan fingerprint density at radius 2 is 2.25 bits per heavy atom. The van der Waals surface area contributed by atoms with Crippen molar-refractivity contribution in [3.63, 3.8) is 0 Å². The van der Waals surface area contributed by atoms with E-state index in [-0.39, 0.29) is 11.3 Å². The van der Waals surface area contributed by atoms with Gasteiger partial charge < -0.3 is 4.74 Å². The highest BCUT2D eigenvalue weighted by molar-refractivity contribution is 9.10. The average molecular weight is 340 g/mol. The number of esters is 1. The summed E-state index contributed by atoms with van der Waals surface area (Å²) in [6, 6.07) is 4.23. The predicted molar refractivity (Wildman–Crippen MR) is 77.6 cm³/mol. The molecule has 1 aromatic rings. The Morgan fingerprint density at radius 1 is 1.45 bits per heavy atom. The van der Waals surface area contributed by atoms with E-state index in [1.165, 1.54) is 18.2 Å². The van der Waals surface area contributed by atoms with E-state index in [1.54, 1.807) is 0 Å². The lowest BCUT2D eigenvalue weighted by Gasteiger charge is -2.17. The Bertz CT molecular complexity index is 556. The lowest BCUT2D eigenvalue weighted by Crippen LogP contribution is -2.15. The third-order valence-corrected chi connectivity index (χ3v) is 3.88. The number of rotatable bonds is 4. The van der Waals surface area contributed by atoms with Gasteiger partial charge in [-0.25, -0.2) is 4.79 Å². The Labute approximate surface area is 124 Å². The number of nitrogens with zero attached hydrogens (tertiary/aromatic N) is 1. The first-order valence-electron chi connectivity index (χ1n) is 6.34. The van der Waals surface area contributed by atoms with Gasteiger partial charge in [0.15, 0.2) is 0 Å². The van der Waals surface area contributed by atoms with Gasteiger partial charge in [-0.1, -0.05) is 12.2 Å². The van der Waals surface area contributed by atoms with Crippen molar-refractivity contribution in [2.24, 2.45) is 5.92 Å². The van der Waals surface area contributed by atoms with Gasteiger partial charge in [0.05, 0.1) is 21.6 Å². The van der Waals surface area contributed by atoms with Crippen LogP contribution < -0.4 is 0 Å². The van der Waals surface area contributed by atoms with E-state index in [0.29, 0.717) is 17.0 Å². The highest BCUT2D eigenvalue weighted by atomic mass is 79.9. The number of benzene rings is 1. The van der Waals surface area contributed by atoms with Crippen LogP contribution in [0.4, 0.5) is 5.69 Å². The molecule has 0 saturated heterocycles. The van der Waals surface area contributed by atoms with Crippen molar-refractivity contribution in [2.75, 3.05) is 6.61 Å². The van der Waals surface area contributed by atoms with E-state index in [0.717, 1.165) is 19.3 Å². The Balaban J connectivity index is 2.00. The summed E-state index contributed by atoms with van der Waals surface area (Å²) in [5, 5.41) is 10.8. The Kier molecular flexibility index (Phi) is 4.89. The lowest BCUT2D eigenvalue weighted by atomic mass is 9.95. The molecule has 0 radical (unpaired) electrons. The van der Waals surface area contributed by atoms with Crippen LogP contribution in [0.2, 0.25) is 0 Å². The monoisotopic (exact) mass is 339 g/mol. The Hall–Kier alpha value is -1.69. The van der Waals surface area contributed by atoms with Gasteiger partial charge in [-0.15, -0.1) is 0 Å². The molecule has 0 heterocycles. The lowest BCUT2D eigenvalue weighted by molar-refractivity contribution is -0.385. The number of carbonyl (C=O) groups excluding carboxylic acids is 1. The number of nitro groups is 1. The van der Waals surface area contributed by atoms with Gasteiger partial charge >= 0.3 is 5.97 Å². The van der Waals surface area contributed by atoms with Crippen molar-refractivity contribution in [3.05, 3.63) is 50.5 Å². The molecule has 1 aliphatic rings. The minimum absolute atomic E-state index is 0.139. The average Bonchev–Trinajstić information content (AvgIpc) is 2.46. The van der Waals surface area contributed by atoms with Gasteiger partial charge in [-0.2, -0.15) is 0 Å². The Morgan fingerprint density at radius 3 is 2.90 bits per heavy atom. The maximum absolute atomic E-state index is 11.9. The second kappa shape index (κ2) is 6.65. The molecule has 0 spiro atoms. The quantitative estimate of drug-likeness (QED) is 0.361. The molecule has 2 rings (SSSR count). The molecule has 5 nitrogen and oxygen atoms in total. The van der Waals surface area contributed by atoms with Crippen LogP contribution >= 0.6 is 15.9 Å². The maximum Gasteiger partial charge on any atom is 0.338 e. The van der Waals surface area contributed by atoms with Gasteiger partial charge in [-0.3, -0.25) is 10.1 Å². The molecule has 0 aromatic heterocycles. The van der Waals surface area contributed by atoms with Crippen LogP contribution in [0.5, 0.6) is 0 Å². The van der Waals surface area contributed by atoms with Crippen molar-refractivity contribution < 1.29 is 14.5 Å². The first-order valence-corrected chi connectivity index (χ1v) is 7.13. The molecule has 0 saturated carbocycles. The second-order valence-corrected chi connectivity index (χ2v) is 5.53. The number of ether oxygens (including phenoxy) is 1. The summed E-state index contributed by atoms with van der Waals surface area (Å²) in [6.07, 6.45) is 7.13. The summed E-state index contributed by atoms with van der Waals surface area (Å²) in [5.74, 6) is -0.176. The summed E-state index contributed by atoms with van der Waals surface area (Å²) >= 11 is 3.08. The topological polar surface area (TPSA) is 69.4 Å². The van der Waals surface area contributed by atoms with Crippen LogP contribution in [0, 0.1) is 16.0 Å². The number of halogens is 1. The smallest absolute Gasteiger partial charge is 0.338 e. The number of hydrogen-bond donors (Lipinski definition) is 0. The van der Waals surface area contributed by atoms with Gasteiger partial charge in [0.1, 0.15) is 0 Å². The second-order valence-electron chi connectivity index (χ2n) is 4.67. The van der Waals surface area contributed by atoms with Crippen molar-refractivity contribution in [1.29, 1.82) is 0 Å². The molecule has 0 fully saturated rings. The zero-order valence-corrected chi connectivity index (χ0v) is 12.3. The van der Waals surface area contributed by atoms with Crippen LogP contribution in [0.1, 0.15) is 29.6 Å². The molecule has 0 bridgehead atoms. The molecular weight excluding hydrogens is 326 g/mol. The first-order chi connectivity index (χ1) is 9.58. The van der Waals surface area contributed by atoms with E-state index in [4.69, 9.17) is 4.74 Å². The van der Waals surface area contributed by atoms with Crippen molar-refractivity contribution in [2.45, 2.75) is 19.3 Å². The number of nitro benzene ring substituents is 1. The van der Waals surface area contributed by atoms with E-state index in [1.807, 2.05) is 0 Å². The number of allylic oxidation sites excluding steroid dienone is 2. The van der Waals surface area contributed by atoms with Crippen molar-refractivity contribution in [1.82, 2.24) is 0 Å². The minimum Gasteiger partial charge on any atom is -0.462 e. The zero-order valence-electron chi connectivity index (χ0n) is 10.8. The normalized spacial score (nSPS) is 17.8.